The molecule has 0 aliphatic heterocycles. The molecule has 0 heterocycles. The number of Topliss-reactive ketones (excluding diaryl/α,β-unsaturated/α-hetero) is 1. The zero-order chi connectivity index (χ0) is 16.8. The topological polar surface area (TPSA) is 72.8 Å². The monoisotopic (exact) mass is 314 g/mol. The van der Waals surface area contributed by atoms with Crippen molar-refractivity contribution in [2.45, 2.75) is 20.0 Å². The maximum Gasteiger partial charge on any atom is 0.307 e. The Morgan fingerprint density at radius 2 is 1.78 bits per heavy atom. The van der Waals surface area contributed by atoms with E-state index in [-0.39, 0.29) is 18.8 Å². The molecule has 2 aromatic carbocycles. The van der Waals surface area contributed by atoms with Crippen LogP contribution in [0.1, 0.15) is 28.4 Å². The van der Waals surface area contributed by atoms with Crippen molar-refractivity contribution in [2.24, 2.45) is 0 Å². The van der Waals surface area contributed by atoms with Gasteiger partial charge in [0.05, 0.1) is 19.1 Å². The lowest BCUT2D eigenvalue weighted by molar-refractivity contribution is -0.136. The molecule has 0 amide bonds. The summed E-state index contributed by atoms with van der Waals surface area (Å²) < 4.78 is 10.9. The number of carboxylic acids is 1. The molecule has 0 fully saturated rings. The van der Waals surface area contributed by atoms with E-state index in [1.165, 1.54) is 14.0 Å². The number of benzene rings is 2. The molecule has 5 nitrogen and oxygen atoms in total. The number of carbonyl (C=O) groups excluding carboxylic acids is 1. The second-order valence-electron chi connectivity index (χ2n) is 5.05. The number of ketones is 1. The summed E-state index contributed by atoms with van der Waals surface area (Å²) in [7, 11) is 1.49. The summed E-state index contributed by atoms with van der Waals surface area (Å²) in [6.45, 7) is 1.71. The first-order valence-corrected chi connectivity index (χ1v) is 7.11. The lowest BCUT2D eigenvalue weighted by atomic mass is 10.1. The van der Waals surface area contributed by atoms with Gasteiger partial charge in [0.25, 0.3) is 0 Å². The van der Waals surface area contributed by atoms with Crippen molar-refractivity contribution in [1.29, 1.82) is 0 Å². The van der Waals surface area contributed by atoms with E-state index in [0.717, 1.165) is 5.56 Å². The minimum absolute atomic E-state index is 0.0495. The maximum atomic E-state index is 11.5. The summed E-state index contributed by atoms with van der Waals surface area (Å²) in [6, 6.07) is 12.2. The normalized spacial score (nSPS) is 10.2. The molecule has 0 aliphatic rings. The van der Waals surface area contributed by atoms with Crippen LogP contribution < -0.4 is 9.47 Å². The number of ether oxygens (including phenoxy) is 2. The predicted molar refractivity (Wildman–Crippen MR) is 85.1 cm³/mol. The Morgan fingerprint density at radius 3 is 2.39 bits per heavy atom. The van der Waals surface area contributed by atoms with Crippen LogP contribution in [0.25, 0.3) is 0 Å². The molecule has 0 radical (unpaired) electrons. The van der Waals surface area contributed by atoms with E-state index >= 15 is 0 Å². The summed E-state index contributed by atoms with van der Waals surface area (Å²) in [5.74, 6) is 0.0379. The molecular weight excluding hydrogens is 296 g/mol. The number of aliphatic carboxylic acids is 1. The van der Waals surface area contributed by atoms with E-state index in [9.17, 15) is 9.59 Å². The highest BCUT2D eigenvalue weighted by Gasteiger charge is 2.10. The second kappa shape index (κ2) is 7.45. The SMILES string of the molecule is COc1cc(OCc2ccccc2CC(=O)O)ccc1C(C)=O. The highest BCUT2D eigenvalue weighted by molar-refractivity contribution is 5.97. The fourth-order valence-electron chi connectivity index (χ4n) is 2.25. The van der Waals surface area contributed by atoms with Crippen LogP contribution in [0.4, 0.5) is 0 Å². The predicted octanol–water partition coefficient (Wildman–Crippen LogP) is 3.10. The van der Waals surface area contributed by atoms with Gasteiger partial charge in [-0.1, -0.05) is 24.3 Å². The summed E-state index contributed by atoms with van der Waals surface area (Å²) in [4.78, 5) is 22.4. The van der Waals surface area contributed by atoms with Crippen molar-refractivity contribution in [3.05, 3.63) is 59.2 Å². The lowest BCUT2D eigenvalue weighted by Crippen LogP contribution is -2.06. The zero-order valence-corrected chi connectivity index (χ0v) is 13.0. The van der Waals surface area contributed by atoms with Crippen LogP contribution in [0, 0.1) is 0 Å². The maximum absolute atomic E-state index is 11.5. The van der Waals surface area contributed by atoms with E-state index in [2.05, 4.69) is 0 Å². The quantitative estimate of drug-likeness (QED) is 0.795. The lowest BCUT2D eigenvalue weighted by Gasteiger charge is -2.12. The van der Waals surface area contributed by atoms with E-state index in [0.29, 0.717) is 22.6 Å². The molecule has 120 valence electrons. The fourth-order valence-corrected chi connectivity index (χ4v) is 2.25. The van der Waals surface area contributed by atoms with Crippen LogP contribution in [0.3, 0.4) is 0 Å². The van der Waals surface area contributed by atoms with Crippen molar-refractivity contribution in [1.82, 2.24) is 0 Å². The smallest absolute Gasteiger partial charge is 0.307 e. The molecule has 2 aromatic rings. The van der Waals surface area contributed by atoms with E-state index in [1.54, 1.807) is 30.3 Å². The van der Waals surface area contributed by atoms with Crippen molar-refractivity contribution in [2.75, 3.05) is 7.11 Å². The number of carbonyl (C=O) groups is 2. The van der Waals surface area contributed by atoms with Crippen molar-refractivity contribution in [3.63, 3.8) is 0 Å². The molecule has 0 spiro atoms. The third-order valence-electron chi connectivity index (χ3n) is 3.41. The number of hydrogen-bond donors (Lipinski definition) is 1. The summed E-state index contributed by atoms with van der Waals surface area (Å²) >= 11 is 0. The third-order valence-corrected chi connectivity index (χ3v) is 3.41. The molecule has 2 rings (SSSR count). The van der Waals surface area contributed by atoms with Gasteiger partial charge in [-0.2, -0.15) is 0 Å². The minimum atomic E-state index is -0.884. The van der Waals surface area contributed by atoms with Crippen LogP contribution >= 0.6 is 0 Å². The Labute approximate surface area is 134 Å². The number of methoxy groups -OCH3 is 1. The van der Waals surface area contributed by atoms with Gasteiger partial charge < -0.3 is 14.6 Å². The highest BCUT2D eigenvalue weighted by Crippen LogP contribution is 2.26. The molecule has 0 atom stereocenters. The molecule has 0 saturated heterocycles. The molecule has 5 heteroatoms. The molecule has 0 aliphatic carbocycles. The molecule has 0 unspecified atom stereocenters. The first-order chi connectivity index (χ1) is 11.0. The third kappa shape index (κ3) is 4.32. The number of carboxylic acid groups (broad SMARTS) is 1. The van der Waals surface area contributed by atoms with Gasteiger partial charge in [-0.15, -0.1) is 0 Å². The van der Waals surface area contributed by atoms with Crippen molar-refractivity contribution < 1.29 is 24.2 Å². The fraction of sp³-hybridized carbons (Fsp3) is 0.222. The van der Waals surface area contributed by atoms with Gasteiger partial charge in [-0.3, -0.25) is 9.59 Å². The van der Waals surface area contributed by atoms with Gasteiger partial charge in [0.2, 0.25) is 0 Å². The highest BCUT2D eigenvalue weighted by atomic mass is 16.5. The van der Waals surface area contributed by atoms with Gasteiger partial charge in [-0.25, -0.2) is 0 Å². The summed E-state index contributed by atoms with van der Waals surface area (Å²) in [5, 5.41) is 8.94. The Bertz CT molecular complexity index is 721. The standard InChI is InChI=1S/C18H18O5/c1-12(19)16-8-7-15(10-17(16)22-2)23-11-14-6-4-3-5-13(14)9-18(20)21/h3-8,10H,9,11H2,1-2H3,(H,20,21). The summed E-state index contributed by atoms with van der Waals surface area (Å²) in [6.07, 6.45) is -0.0495. The Kier molecular flexibility index (Phi) is 5.36. The van der Waals surface area contributed by atoms with Crippen LogP contribution in [0.5, 0.6) is 11.5 Å². The van der Waals surface area contributed by atoms with Gasteiger partial charge in [0, 0.05) is 6.07 Å². The first kappa shape index (κ1) is 16.5. The van der Waals surface area contributed by atoms with Gasteiger partial charge >= 0.3 is 5.97 Å². The second-order valence-corrected chi connectivity index (χ2v) is 5.05. The van der Waals surface area contributed by atoms with Crippen molar-refractivity contribution >= 4 is 11.8 Å². The van der Waals surface area contributed by atoms with E-state index in [4.69, 9.17) is 14.6 Å². The van der Waals surface area contributed by atoms with Gasteiger partial charge in [0.1, 0.15) is 18.1 Å². The number of hydrogen-bond acceptors (Lipinski definition) is 4. The number of rotatable bonds is 7. The molecular formula is C18H18O5. The Hall–Kier alpha value is -2.82. The largest absolute Gasteiger partial charge is 0.496 e. The molecule has 0 aromatic heterocycles. The minimum Gasteiger partial charge on any atom is -0.496 e. The van der Waals surface area contributed by atoms with Gasteiger partial charge in [0.15, 0.2) is 5.78 Å². The summed E-state index contributed by atoms with van der Waals surface area (Å²) in [5.41, 5.74) is 2.02. The Balaban J connectivity index is 2.15. The van der Waals surface area contributed by atoms with Crippen LogP contribution in [-0.2, 0) is 17.8 Å². The first-order valence-electron chi connectivity index (χ1n) is 7.11. The van der Waals surface area contributed by atoms with Crippen LogP contribution in [0.2, 0.25) is 0 Å². The van der Waals surface area contributed by atoms with Crippen LogP contribution in [-0.4, -0.2) is 24.0 Å². The van der Waals surface area contributed by atoms with E-state index in [1.807, 2.05) is 12.1 Å². The Morgan fingerprint density at radius 1 is 1.09 bits per heavy atom. The van der Waals surface area contributed by atoms with Crippen molar-refractivity contribution in [3.8, 4) is 11.5 Å². The average Bonchev–Trinajstić information content (AvgIpc) is 2.53. The van der Waals surface area contributed by atoms with Crippen LogP contribution in [0.15, 0.2) is 42.5 Å². The van der Waals surface area contributed by atoms with Gasteiger partial charge in [-0.05, 0) is 30.2 Å². The molecule has 0 saturated carbocycles. The molecule has 23 heavy (non-hydrogen) atoms. The average molecular weight is 314 g/mol. The van der Waals surface area contributed by atoms with E-state index < -0.39 is 5.97 Å². The molecule has 0 bridgehead atoms. The zero-order valence-electron chi connectivity index (χ0n) is 13.0. The molecule has 1 N–H and O–H groups in total.